The molecule has 2 unspecified atom stereocenters. The Hall–Kier alpha value is -0.630. The van der Waals surface area contributed by atoms with Gasteiger partial charge in [0, 0.05) is 44.8 Å². The van der Waals surface area contributed by atoms with Gasteiger partial charge in [0.25, 0.3) is 0 Å². The second kappa shape index (κ2) is 4.48. The summed E-state index contributed by atoms with van der Waals surface area (Å²) in [6.45, 7) is 7.57. The van der Waals surface area contributed by atoms with Crippen LogP contribution in [0.1, 0.15) is 26.2 Å². The molecule has 0 radical (unpaired) electrons. The Morgan fingerprint density at radius 1 is 1.17 bits per heavy atom. The van der Waals surface area contributed by atoms with E-state index in [9.17, 15) is 5.26 Å². The van der Waals surface area contributed by atoms with E-state index in [1.165, 1.54) is 12.8 Å². The zero-order valence-electron chi connectivity index (χ0n) is 11.6. The summed E-state index contributed by atoms with van der Waals surface area (Å²) in [6.07, 6.45) is 3.72. The molecule has 2 saturated heterocycles. The maximum absolute atomic E-state index is 9.74. The number of nitriles is 1. The van der Waals surface area contributed by atoms with E-state index in [2.05, 4.69) is 34.7 Å². The van der Waals surface area contributed by atoms with Crippen molar-refractivity contribution in [3.05, 3.63) is 0 Å². The topological polar surface area (TPSA) is 33.5 Å². The first-order chi connectivity index (χ1) is 8.64. The van der Waals surface area contributed by atoms with Gasteiger partial charge in [0.15, 0.2) is 0 Å². The number of likely N-dealkylation sites (tertiary alicyclic amines) is 1. The van der Waals surface area contributed by atoms with Crippen LogP contribution in [0.2, 0.25) is 0 Å². The number of nitrogens with zero attached hydrogens (tertiary/aromatic N) is 4. The van der Waals surface area contributed by atoms with Gasteiger partial charge in [-0.15, -0.1) is 0 Å². The van der Waals surface area contributed by atoms with Crippen molar-refractivity contribution < 1.29 is 0 Å². The maximum atomic E-state index is 9.74. The quantitative estimate of drug-likeness (QED) is 0.722. The Balaban J connectivity index is 1.73. The fraction of sp³-hybridized carbons (Fsp3) is 0.929. The zero-order valence-corrected chi connectivity index (χ0v) is 11.6. The molecular formula is C14H24N4. The molecule has 2 heterocycles. The first-order valence-electron chi connectivity index (χ1n) is 7.25. The van der Waals surface area contributed by atoms with Crippen LogP contribution < -0.4 is 0 Å². The van der Waals surface area contributed by atoms with Crippen molar-refractivity contribution in [1.82, 2.24) is 14.7 Å². The van der Waals surface area contributed by atoms with Crippen LogP contribution in [-0.4, -0.2) is 72.1 Å². The highest BCUT2D eigenvalue weighted by Crippen LogP contribution is 2.39. The molecule has 18 heavy (non-hydrogen) atoms. The maximum Gasteiger partial charge on any atom is 0.123 e. The van der Waals surface area contributed by atoms with E-state index >= 15 is 0 Å². The van der Waals surface area contributed by atoms with Crippen molar-refractivity contribution in [2.75, 3.05) is 39.8 Å². The smallest absolute Gasteiger partial charge is 0.123 e. The highest BCUT2D eigenvalue weighted by Gasteiger charge is 2.50. The van der Waals surface area contributed by atoms with Gasteiger partial charge in [-0.3, -0.25) is 9.80 Å². The molecule has 3 rings (SSSR count). The molecule has 4 nitrogen and oxygen atoms in total. The van der Waals surface area contributed by atoms with Crippen molar-refractivity contribution >= 4 is 0 Å². The van der Waals surface area contributed by atoms with E-state index in [1.54, 1.807) is 0 Å². The molecule has 2 atom stereocenters. The normalized spacial score (nSPS) is 39.9. The highest BCUT2D eigenvalue weighted by molar-refractivity contribution is 5.18. The van der Waals surface area contributed by atoms with Gasteiger partial charge in [-0.25, -0.2) is 0 Å². The minimum absolute atomic E-state index is 0.205. The molecule has 4 heteroatoms. The molecule has 1 aliphatic carbocycles. The van der Waals surface area contributed by atoms with E-state index in [4.69, 9.17) is 0 Å². The van der Waals surface area contributed by atoms with Crippen LogP contribution >= 0.6 is 0 Å². The number of rotatable bonds is 2. The van der Waals surface area contributed by atoms with E-state index in [0.29, 0.717) is 6.04 Å². The fourth-order valence-electron chi connectivity index (χ4n) is 3.64. The molecule has 0 N–H and O–H groups in total. The monoisotopic (exact) mass is 248 g/mol. The first kappa shape index (κ1) is 12.4. The Bertz CT molecular complexity index is 351. The molecule has 0 spiro atoms. The van der Waals surface area contributed by atoms with Crippen LogP contribution in [-0.2, 0) is 0 Å². The molecule has 1 saturated carbocycles. The lowest BCUT2D eigenvalue weighted by Crippen LogP contribution is -2.57. The van der Waals surface area contributed by atoms with Crippen molar-refractivity contribution in [2.24, 2.45) is 0 Å². The molecule has 3 aliphatic rings. The minimum Gasteiger partial charge on any atom is -0.304 e. The van der Waals surface area contributed by atoms with Crippen molar-refractivity contribution in [1.29, 1.82) is 5.26 Å². The van der Waals surface area contributed by atoms with Crippen LogP contribution in [0.4, 0.5) is 0 Å². The Morgan fingerprint density at radius 3 is 2.39 bits per heavy atom. The summed E-state index contributed by atoms with van der Waals surface area (Å²) in [5.74, 6) is 0. The van der Waals surface area contributed by atoms with Gasteiger partial charge in [-0.2, -0.15) is 5.26 Å². The van der Waals surface area contributed by atoms with Gasteiger partial charge in [-0.05, 0) is 33.2 Å². The average molecular weight is 248 g/mol. The SMILES string of the molecule is CC1CC(C#N)(N2CCN(C)CC2)CN1C1CC1. The molecular weight excluding hydrogens is 224 g/mol. The molecule has 0 aromatic rings. The van der Waals surface area contributed by atoms with Crippen LogP contribution in [0.15, 0.2) is 0 Å². The third kappa shape index (κ3) is 2.05. The van der Waals surface area contributed by atoms with E-state index < -0.39 is 0 Å². The van der Waals surface area contributed by atoms with Crippen molar-refractivity contribution in [2.45, 2.75) is 43.8 Å². The molecule has 0 bridgehead atoms. The highest BCUT2D eigenvalue weighted by atomic mass is 15.4. The van der Waals surface area contributed by atoms with Gasteiger partial charge in [-0.1, -0.05) is 0 Å². The average Bonchev–Trinajstić information content (AvgIpc) is 3.15. The van der Waals surface area contributed by atoms with Crippen LogP contribution in [0.3, 0.4) is 0 Å². The summed E-state index contributed by atoms with van der Waals surface area (Å²) in [6, 6.07) is 4.03. The lowest BCUT2D eigenvalue weighted by Gasteiger charge is -2.41. The predicted molar refractivity (Wildman–Crippen MR) is 71.2 cm³/mol. The number of hydrogen-bond donors (Lipinski definition) is 0. The molecule has 2 aliphatic heterocycles. The third-order valence-corrected chi connectivity index (χ3v) is 4.98. The summed E-state index contributed by atoms with van der Waals surface area (Å²) in [7, 11) is 2.17. The van der Waals surface area contributed by atoms with Crippen LogP contribution in [0.5, 0.6) is 0 Å². The lowest BCUT2D eigenvalue weighted by molar-refractivity contribution is 0.0766. The standard InChI is InChI=1S/C14H24N4/c1-12-9-14(10-15,11-18(12)13-3-4-13)17-7-5-16(2)6-8-17/h12-13H,3-9,11H2,1-2H3. The molecule has 100 valence electrons. The second-order valence-electron chi connectivity index (χ2n) is 6.39. The third-order valence-electron chi connectivity index (χ3n) is 4.98. The Kier molecular flexibility index (Phi) is 3.09. The lowest BCUT2D eigenvalue weighted by atomic mass is 9.95. The number of likely N-dealkylation sites (N-methyl/N-ethyl adjacent to an activating group) is 1. The fourth-order valence-corrected chi connectivity index (χ4v) is 3.64. The molecule has 0 aromatic carbocycles. The summed E-state index contributed by atoms with van der Waals surface area (Å²) in [5.41, 5.74) is -0.205. The van der Waals surface area contributed by atoms with Gasteiger partial charge >= 0.3 is 0 Å². The largest absolute Gasteiger partial charge is 0.304 e. The summed E-state index contributed by atoms with van der Waals surface area (Å²) in [4.78, 5) is 7.39. The molecule has 3 fully saturated rings. The van der Waals surface area contributed by atoms with Crippen LogP contribution in [0, 0.1) is 11.3 Å². The molecule has 0 aromatic heterocycles. The van der Waals surface area contributed by atoms with E-state index in [-0.39, 0.29) is 5.54 Å². The van der Waals surface area contributed by atoms with Gasteiger partial charge in [0.1, 0.15) is 5.54 Å². The second-order valence-corrected chi connectivity index (χ2v) is 6.39. The number of piperazine rings is 1. The van der Waals surface area contributed by atoms with E-state index in [0.717, 1.165) is 45.2 Å². The van der Waals surface area contributed by atoms with Gasteiger partial charge in [0.05, 0.1) is 6.07 Å². The number of hydrogen-bond acceptors (Lipinski definition) is 4. The predicted octanol–water partition coefficient (Wildman–Crippen LogP) is 0.753. The Morgan fingerprint density at radius 2 is 1.83 bits per heavy atom. The van der Waals surface area contributed by atoms with Crippen LogP contribution in [0.25, 0.3) is 0 Å². The van der Waals surface area contributed by atoms with E-state index in [1.807, 2.05) is 0 Å². The first-order valence-corrected chi connectivity index (χ1v) is 7.25. The molecule has 0 amide bonds. The van der Waals surface area contributed by atoms with Gasteiger partial charge in [0.2, 0.25) is 0 Å². The van der Waals surface area contributed by atoms with Crippen molar-refractivity contribution in [3.8, 4) is 6.07 Å². The zero-order chi connectivity index (χ0) is 12.8. The summed E-state index contributed by atoms with van der Waals surface area (Å²) < 4.78 is 0. The Labute approximate surface area is 110 Å². The van der Waals surface area contributed by atoms with Gasteiger partial charge < -0.3 is 4.90 Å². The van der Waals surface area contributed by atoms with Crippen molar-refractivity contribution in [3.63, 3.8) is 0 Å². The minimum atomic E-state index is -0.205. The summed E-state index contributed by atoms with van der Waals surface area (Å²) in [5, 5.41) is 9.74. The summed E-state index contributed by atoms with van der Waals surface area (Å²) >= 11 is 0.